The van der Waals surface area contributed by atoms with Crippen LogP contribution in [0.4, 0.5) is 0 Å². The number of piperidine rings is 1. The van der Waals surface area contributed by atoms with Gasteiger partial charge in [-0.2, -0.15) is 0 Å². The molecule has 4 heterocycles. The van der Waals surface area contributed by atoms with E-state index in [1.165, 1.54) is 6.26 Å². The number of nitrogens with zero attached hydrogens (tertiary/aromatic N) is 3. The minimum Gasteiger partial charge on any atom is -0.493 e. The molecule has 1 aliphatic heterocycles. The number of aryl methyl sites for hydroxylation is 1. The van der Waals surface area contributed by atoms with Gasteiger partial charge >= 0.3 is 5.97 Å². The lowest BCUT2D eigenvalue weighted by atomic mass is 9.98. The molecule has 1 atom stereocenters. The number of esters is 1. The van der Waals surface area contributed by atoms with Gasteiger partial charge in [0.1, 0.15) is 17.6 Å². The number of furan rings is 1. The minimum absolute atomic E-state index is 0.176. The van der Waals surface area contributed by atoms with Gasteiger partial charge in [0.15, 0.2) is 11.5 Å². The maximum atomic E-state index is 13.1. The van der Waals surface area contributed by atoms with Gasteiger partial charge in [-0.3, -0.25) is 14.6 Å². The highest BCUT2D eigenvalue weighted by Crippen LogP contribution is 2.38. The highest BCUT2D eigenvalue weighted by Gasteiger charge is 2.31. The standard InChI is InChI=1S/C30H34N4O6/c1-3-37-30(36)22-9-6-14-34(18-22)29(35)23-19-39-28(33-23)27-20(2)26-24(10-4-11-25(26)40-27)38-15-7-13-32-17-21-8-5-12-31-16-21/h4-5,8,10-12,16,19,22,32H,3,6-7,9,13-15,17-18H2,1-2H3. The molecule has 10 nitrogen and oxygen atoms in total. The van der Waals surface area contributed by atoms with Crippen molar-refractivity contribution in [3.63, 3.8) is 0 Å². The smallest absolute Gasteiger partial charge is 0.310 e. The van der Waals surface area contributed by atoms with Crippen molar-refractivity contribution in [2.24, 2.45) is 5.92 Å². The average molecular weight is 547 g/mol. The highest BCUT2D eigenvalue weighted by atomic mass is 16.5. The fourth-order valence-electron chi connectivity index (χ4n) is 4.96. The van der Waals surface area contributed by atoms with E-state index in [0.717, 1.165) is 48.2 Å². The zero-order valence-corrected chi connectivity index (χ0v) is 22.9. The summed E-state index contributed by atoms with van der Waals surface area (Å²) in [5.74, 6) is 0.528. The van der Waals surface area contributed by atoms with Crippen LogP contribution in [0.5, 0.6) is 5.75 Å². The second-order valence-corrected chi connectivity index (χ2v) is 9.81. The molecular weight excluding hydrogens is 512 g/mol. The number of hydrogen-bond donors (Lipinski definition) is 1. The predicted molar refractivity (Wildman–Crippen MR) is 148 cm³/mol. The Balaban J connectivity index is 1.22. The molecular formula is C30H34N4O6. The van der Waals surface area contributed by atoms with Gasteiger partial charge < -0.3 is 28.5 Å². The number of oxazole rings is 1. The Bertz CT molecular complexity index is 1450. The van der Waals surface area contributed by atoms with E-state index in [-0.39, 0.29) is 29.4 Å². The Hall–Kier alpha value is -4.18. The summed E-state index contributed by atoms with van der Waals surface area (Å²) in [6.07, 6.45) is 7.22. The summed E-state index contributed by atoms with van der Waals surface area (Å²) < 4.78 is 23.0. The topological polar surface area (TPSA) is 120 Å². The van der Waals surface area contributed by atoms with E-state index in [4.69, 9.17) is 18.3 Å². The maximum absolute atomic E-state index is 13.1. The SMILES string of the molecule is CCOC(=O)C1CCCN(C(=O)c2coc(-c3oc4cccc(OCCCNCc5cccnc5)c4c3C)n2)C1. The van der Waals surface area contributed by atoms with Gasteiger partial charge in [0.05, 0.1) is 24.5 Å². The maximum Gasteiger partial charge on any atom is 0.310 e. The van der Waals surface area contributed by atoms with Crippen molar-refractivity contribution in [1.82, 2.24) is 20.2 Å². The van der Waals surface area contributed by atoms with Crippen molar-refractivity contribution in [2.75, 3.05) is 32.8 Å². The Morgan fingerprint density at radius 3 is 2.95 bits per heavy atom. The van der Waals surface area contributed by atoms with Crippen molar-refractivity contribution in [2.45, 2.75) is 39.7 Å². The molecule has 0 saturated carbocycles. The molecule has 1 fully saturated rings. The molecule has 0 spiro atoms. The molecule has 0 bridgehead atoms. The van der Waals surface area contributed by atoms with E-state index in [1.807, 2.05) is 43.5 Å². The molecule has 0 aliphatic carbocycles. The molecule has 0 radical (unpaired) electrons. The van der Waals surface area contributed by atoms with Gasteiger partial charge in [0.25, 0.3) is 11.8 Å². The fraction of sp³-hybridized carbons (Fsp3) is 0.400. The molecule has 10 heteroatoms. The van der Waals surface area contributed by atoms with Crippen LogP contribution in [-0.4, -0.2) is 59.6 Å². The first-order chi connectivity index (χ1) is 19.5. The summed E-state index contributed by atoms with van der Waals surface area (Å²) in [5.41, 5.74) is 2.79. The zero-order valence-electron chi connectivity index (χ0n) is 22.9. The first-order valence-electron chi connectivity index (χ1n) is 13.7. The van der Waals surface area contributed by atoms with E-state index in [1.54, 1.807) is 18.0 Å². The first kappa shape index (κ1) is 27.4. The normalized spacial score (nSPS) is 15.3. The Labute approximate surface area is 232 Å². The number of aromatic nitrogens is 2. The second kappa shape index (κ2) is 12.8. The molecule has 1 N–H and O–H groups in total. The Morgan fingerprint density at radius 2 is 2.12 bits per heavy atom. The van der Waals surface area contributed by atoms with Gasteiger partial charge in [-0.05, 0) is 63.4 Å². The summed E-state index contributed by atoms with van der Waals surface area (Å²) in [6, 6.07) is 9.63. The number of amides is 1. The highest BCUT2D eigenvalue weighted by molar-refractivity contribution is 5.94. The molecule has 1 saturated heterocycles. The monoisotopic (exact) mass is 546 g/mol. The van der Waals surface area contributed by atoms with E-state index in [2.05, 4.69) is 15.3 Å². The van der Waals surface area contributed by atoms with Crippen LogP contribution in [-0.2, 0) is 16.1 Å². The van der Waals surface area contributed by atoms with Crippen LogP contribution >= 0.6 is 0 Å². The quantitative estimate of drug-likeness (QED) is 0.210. The van der Waals surface area contributed by atoms with Gasteiger partial charge in [0, 0.05) is 37.6 Å². The summed E-state index contributed by atoms with van der Waals surface area (Å²) in [4.78, 5) is 35.5. The number of likely N-dealkylation sites (tertiary alicyclic amines) is 1. The van der Waals surface area contributed by atoms with Crippen LogP contribution in [0.2, 0.25) is 0 Å². The third-order valence-corrected chi connectivity index (χ3v) is 6.97. The number of rotatable bonds is 11. The number of nitrogens with one attached hydrogen (secondary N) is 1. The van der Waals surface area contributed by atoms with Crippen molar-refractivity contribution in [3.8, 4) is 17.4 Å². The zero-order chi connectivity index (χ0) is 27.9. The van der Waals surface area contributed by atoms with Crippen molar-refractivity contribution in [1.29, 1.82) is 0 Å². The summed E-state index contributed by atoms with van der Waals surface area (Å²) in [6.45, 7) is 7.00. The summed E-state index contributed by atoms with van der Waals surface area (Å²) in [5, 5.41) is 4.24. The van der Waals surface area contributed by atoms with Crippen LogP contribution < -0.4 is 10.1 Å². The number of fused-ring (bicyclic) bond motifs is 1. The van der Waals surface area contributed by atoms with E-state index < -0.39 is 0 Å². The molecule has 1 unspecified atom stereocenters. The molecule has 40 heavy (non-hydrogen) atoms. The Morgan fingerprint density at radius 1 is 1.23 bits per heavy atom. The van der Waals surface area contributed by atoms with Gasteiger partial charge in [-0.1, -0.05) is 12.1 Å². The van der Waals surface area contributed by atoms with Crippen LogP contribution in [0.15, 0.2) is 57.8 Å². The van der Waals surface area contributed by atoms with Crippen molar-refractivity contribution in [3.05, 3.63) is 65.8 Å². The molecule has 5 rings (SSSR count). The van der Waals surface area contributed by atoms with Gasteiger partial charge in [-0.25, -0.2) is 4.98 Å². The fourth-order valence-corrected chi connectivity index (χ4v) is 4.96. The third kappa shape index (κ3) is 6.17. The second-order valence-electron chi connectivity index (χ2n) is 9.81. The molecule has 3 aromatic heterocycles. The van der Waals surface area contributed by atoms with E-state index in [9.17, 15) is 9.59 Å². The summed E-state index contributed by atoms with van der Waals surface area (Å²) >= 11 is 0. The third-order valence-electron chi connectivity index (χ3n) is 6.97. The van der Waals surface area contributed by atoms with Crippen LogP contribution in [0.1, 0.15) is 47.8 Å². The Kier molecular flexibility index (Phi) is 8.75. The van der Waals surface area contributed by atoms with E-state index in [0.29, 0.717) is 44.1 Å². The number of benzene rings is 1. The van der Waals surface area contributed by atoms with E-state index >= 15 is 0 Å². The van der Waals surface area contributed by atoms with Crippen LogP contribution in [0.25, 0.3) is 22.6 Å². The largest absolute Gasteiger partial charge is 0.493 e. The molecule has 4 aromatic rings. The lowest BCUT2D eigenvalue weighted by Crippen LogP contribution is -2.42. The number of ether oxygens (including phenoxy) is 2. The summed E-state index contributed by atoms with van der Waals surface area (Å²) in [7, 11) is 0. The number of pyridine rings is 1. The van der Waals surface area contributed by atoms with Crippen LogP contribution in [0, 0.1) is 12.8 Å². The molecule has 1 aliphatic rings. The molecule has 1 aromatic carbocycles. The average Bonchev–Trinajstić information content (AvgIpc) is 3.60. The predicted octanol–water partition coefficient (Wildman–Crippen LogP) is 4.77. The molecule has 210 valence electrons. The number of carbonyl (C=O) groups is 2. The minimum atomic E-state index is -0.322. The lowest BCUT2D eigenvalue weighted by Gasteiger charge is -2.30. The number of carbonyl (C=O) groups excluding carboxylic acids is 2. The number of hydrogen-bond acceptors (Lipinski definition) is 9. The van der Waals surface area contributed by atoms with Crippen molar-refractivity contribution < 1.29 is 27.9 Å². The van der Waals surface area contributed by atoms with Crippen LogP contribution in [0.3, 0.4) is 0 Å². The first-order valence-corrected chi connectivity index (χ1v) is 13.7. The van der Waals surface area contributed by atoms with Crippen molar-refractivity contribution >= 4 is 22.8 Å². The van der Waals surface area contributed by atoms with Gasteiger partial charge in [0.2, 0.25) is 0 Å². The molecule has 1 amide bonds. The van der Waals surface area contributed by atoms with Gasteiger partial charge in [-0.15, -0.1) is 0 Å². The lowest BCUT2D eigenvalue weighted by molar-refractivity contribution is -0.149.